The number of alkyl halides is 1. The van der Waals surface area contributed by atoms with Crippen molar-refractivity contribution in [3.05, 3.63) is 17.8 Å². The van der Waals surface area contributed by atoms with Gasteiger partial charge in [0.2, 0.25) is 5.89 Å². The number of oxazole rings is 1. The lowest BCUT2D eigenvalue weighted by Crippen LogP contribution is -2.01. The number of hydrogen-bond donors (Lipinski definition) is 0. The predicted molar refractivity (Wildman–Crippen MR) is 40.5 cm³/mol. The van der Waals surface area contributed by atoms with E-state index in [0.29, 0.717) is 11.2 Å². The average molecular weight is 220 g/mol. The quantitative estimate of drug-likeness (QED) is 0.557. The number of carbonyl (C=O) groups excluding carboxylic acids is 1. The summed E-state index contributed by atoms with van der Waals surface area (Å²) < 4.78 is 9.30. The largest absolute Gasteiger partial charge is 0.464 e. The van der Waals surface area contributed by atoms with Gasteiger partial charge in [-0.1, -0.05) is 15.9 Å². The van der Waals surface area contributed by atoms with E-state index in [-0.39, 0.29) is 5.69 Å². The lowest BCUT2D eigenvalue weighted by molar-refractivity contribution is 0.0594. The second-order valence-corrected chi connectivity index (χ2v) is 2.31. The van der Waals surface area contributed by atoms with Crippen LogP contribution in [-0.2, 0) is 10.1 Å². The smallest absolute Gasteiger partial charge is 0.360 e. The summed E-state index contributed by atoms with van der Waals surface area (Å²) in [5.41, 5.74) is 0.196. The topological polar surface area (TPSA) is 52.3 Å². The van der Waals surface area contributed by atoms with E-state index in [1.165, 1.54) is 13.4 Å². The molecular weight excluding hydrogens is 214 g/mol. The first-order chi connectivity index (χ1) is 5.27. The van der Waals surface area contributed by atoms with Crippen LogP contribution in [0.25, 0.3) is 0 Å². The van der Waals surface area contributed by atoms with Crippen molar-refractivity contribution in [1.82, 2.24) is 4.98 Å². The zero-order valence-corrected chi connectivity index (χ0v) is 7.42. The van der Waals surface area contributed by atoms with Gasteiger partial charge in [-0.2, -0.15) is 0 Å². The minimum absolute atomic E-state index is 0.196. The van der Waals surface area contributed by atoms with Gasteiger partial charge in [-0.15, -0.1) is 0 Å². The number of rotatable bonds is 2. The summed E-state index contributed by atoms with van der Waals surface area (Å²) in [4.78, 5) is 14.6. The normalized spacial score (nSPS) is 9.64. The van der Waals surface area contributed by atoms with E-state index in [1.54, 1.807) is 0 Å². The van der Waals surface area contributed by atoms with Crippen molar-refractivity contribution < 1.29 is 13.9 Å². The number of nitrogens with zero attached hydrogens (tertiary/aromatic N) is 1. The summed E-state index contributed by atoms with van der Waals surface area (Å²) in [5.74, 6) is -0.0219. The van der Waals surface area contributed by atoms with Crippen molar-refractivity contribution in [1.29, 1.82) is 0 Å². The van der Waals surface area contributed by atoms with Crippen LogP contribution in [-0.4, -0.2) is 18.1 Å². The molecule has 0 spiro atoms. The fraction of sp³-hybridized carbons (Fsp3) is 0.333. The highest BCUT2D eigenvalue weighted by Gasteiger charge is 2.10. The Labute approximate surface area is 71.7 Å². The van der Waals surface area contributed by atoms with E-state index >= 15 is 0 Å². The van der Waals surface area contributed by atoms with Gasteiger partial charge in [0.15, 0.2) is 5.69 Å². The summed E-state index contributed by atoms with van der Waals surface area (Å²) in [5, 5.41) is 0.490. The first-order valence-electron chi connectivity index (χ1n) is 2.86. The molecule has 0 unspecified atom stereocenters. The van der Waals surface area contributed by atoms with Gasteiger partial charge in [0, 0.05) is 0 Å². The Balaban J connectivity index is 2.80. The van der Waals surface area contributed by atoms with Crippen LogP contribution >= 0.6 is 15.9 Å². The van der Waals surface area contributed by atoms with Crippen molar-refractivity contribution >= 4 is 21.9 Å². The average Bonchev–Trinajstić information content (AvgIpc) is 2.50. The zero-order chi connectivity index (χ0) is 8.27. The molecule has 0 bridgehead atoms. The molecule has 0 amide bonds. The number of halogens is 1. The van der Waals surface area contributed by atoms with Gasteiger partial charge in [-0.25, -0.2) is 9.78 Å². The first-order valence-corrected chi connectivity index (χ1v) is 3.98. The maximum absolute atomic E-state index is 10.8. The highest BCUT2D eigenvalue weighted by Crippen LogP contribution is 2.06. The van der Waals surface area contributed by atoms with Crippen LogP contribution in [0.2, 0.25) is 0 Å². The van der Waals surface area contributed by atoms with Crippen LogP contribution in [0.5, 0.6) is 0 Å². The van der Waals surface area contributed by atoms with E-state index in [0.717, 1.165) is 0 Å². The van der Waals surface area contributed by atoms with Gasteiger partial charge in [0.05, 0.1) is 12.4 Å². The minimum Gasteiger partial charge on any atom is -0.464 e. The molecule has 1 aromatic heterocycles. The fourth-order valence-corrected chi connectivity index (χ4v) is 0.828. The number of carbonyl (C=O) groups is 1. The van der Waals surface area contributed by atoms with Gasteiger partial charge in [-0.05, 0) is 0 Å². The minimum atomic E-state index is -0.485. The Hall–Kier alpha value is -0.840. The third-order valence-electron chi connectivity index (χ3n) is 1.06. The van der Waals surface area contributed by atoms with Crippen LogP contribution < -0.4 is 0 Å². The highest BCUT2D eigenvalue weighted by atomic mass is 79.9. The molecule has 4 nitrogen and oxygen atoms in total. The summed E-state index contributed by atoms with van der Waals surface area (Å²) in [6.45, 7) is 0. The van der Waals surface area contributed by atoms with Crippen molar-refractivity contribution in [2.75, 3.05) is 7.11 Å². The molecule has 0 saturated heterocycles. The van der Waals surface area contributed by atoms with Crippen molar-refractivity contribution in [2.45, 2.75) is 5.33 Å². The second kappa shape index (κ2) is 3.52. The molecule has 60 valence electrons. The molecule has 0 aliphatic carbocycles. The molecular formula is C6H6BrNO3. The van der Waals surface area contributed by atoms with Gasteiger partial charge in [0.1, 0.15) is 6.26 Å². The van der Waals surface area contributed by atoms with E-state index in [4.69, 9.17) is 4.42 Å². The van der Waals surface area contributed by atoms with Crippen molar-refractivity contribution in [3.63, 3.8) is 0 Å². The Morgan fingerprint density at radius 2 is 2.64 bits per heavy atom. The van der Waals surface area contributed by atoms with Crippen LogP contribution in [0.3, 0.4) is 0 Å². The fourth-order valence-electron chi connectivity index (χ4n) is 0.571. The third-order valence-corrected chi connectivity index (χ3v) is 1.54. The maximum atomic E-state index is 10.8. The molecule has 0 aromatic carbocycles. The number of ether oxygens (including phenoxy) is 1. The molecule has 0 N–H and O–H groups in total. The highest BCUT2D eigenvalue weighted by molar-refractivity contribution is 9.08. The predicted octanol–water partition coefficient (Wildman–Crippen LogP) is 1.36. The van der Waals surface area contributed by atoms with Crippen molar-refractivity contribution in [3.8, 4) is 0 Å². The molecule has 0 atom stereocenters. The van der Waals surface area contributed by atoms with E-state index < -0.39 is 5.97 Å². The molecule has 5 heteroatoms. The molecule has 1 rings (SSSR count). The first kappa shape index (κ1) is 8.26. The molecule has 1 heterocycles. The maximum Gasteiger partial charge on any atom is 0.360 e. The van der Waals surface area contributed by atoms with Gasteiger partial charge >= 0.3 is 5.97 Å². The Morgan fingerprint density at radius 3 is 3.09 bits per heavy atom. The Morgan fingerprint density at radius 1 is 1.91 bits per heavy atom. The summed E-state index contributed by atoms with van der Waals surface area (Å²) >= 11 is 3.13. The van der Waals surface area contributed by atoms with Gasteiger partial charge < -0.3 is 9.15 Å². The molecule has 0 saturated carbocycles. The standard InChI is InChI=1S/C6H6BrNO3/c1-10-6(9)4-3-11-5(2-7)8-4/h3H,2H2,1H3. The lowest BCUT2D eigenvalue weighted by atomic mass is 10.5. The van der Waals surface area contributed by atoms with E-state index in [1.807, 2.05) is 0 Å². The Kier molecular flexibility index (Phi) is 2.64. The van der Waals surface area contributed by atoms with Crippen LogP contribution in [0.1, 0.15) is 16.4 Å². The van der Waals surface area contributed by atoms with E-state index in [9.17, 15) is 4.79 Å². The molecule has 1 aromatic rings. The molecule has 0 aliphatic heterocycles. The third kappa shape index (κ3) is 1.80. The zero-order valence-electron chi connectivity index (χ0n) is 5.83. The number of aromatic nitrogens is 1. The summed E-state index contributed by atoms with van der Waals surface area (Å²) in [7, 11) is 1.30. The summed E-state index contributed by atoms with van der Waals surface area (Å²) in [6, 6.07) is 0. The van der Waals surface area contributed by atoms with Gasteiger partial charge in [-0.3, -0.25) is 0 Å². The Bertz CT molecular complexity index is 258. The molecule has 11 heavy (non-hydrogen) atoms. The van der Waals surface area contributed by atoms with E-state index in [2.05, 4.69) is 25.7 Å². The van der Waals surface area contributed by atoms with Crippen LogP contribution in [0, 0.1) is 0 Å². The summed E-state index contributed by atoms with van der Waals surface area (Å²) in [6.07, 6.45) is 1.27. The number of esters is 1. The lowest BCUT2D eigenvalue weighted by Gasteiger charge is -1.88. The molecule has 0 fully saturated rings. The number of methoxy groups -OCH3 is 1. The molecule has 0 radical (unpaired) electrons. The molecule has 0 aliphatic rings. The van der Waals surface area contributed by atoms with Crippen molar-refractivity contribution in [2.24, 2.45) is 0 Å². The monoisotopic (exact) mass is 219 g/mol. The second-order valence-electron chi connectivity index (χ2n) is 1.75. The van der Waals surface area contributed by atoms with Crippen LogP contribution in [0.4, 0.5) is 0 Å². The van der Waals surface area contributed by atoms with Crippen LogP contribution in [0.15, 0.2) is 10.7 Å². The SMILES string of the molecule is COC(=O)c1coc(CBr)n1. The number of hydrogen-bond acceptors (Lipinski definition) is 4. The van der Waals surface area contributed by atoms with Gasteiger partial charge in [0.25, 0.3) is 0 Å².